The maximum Gasteiger partial charge on any atom is 0.193 e. The molecule has 1 aliphatic carbocycles. The van der Waals surface area contributed by atoms with Gasteiger partial charge in [0.2, 0.25) is 0 Å². The molecule has 0 atom stereocenters. The van der Waals surface area contributed by atoms with Gasteiger partial charge in [-0.2, -0.15) is 0 Å². The molecule has 0 saturated heterocycles. The van der Waals surface area contributed by atoms with Gasteiger partial charge in [-0.25, -0.2) is 0 Å². The summed E-state index contributed by atoms with van der Waals surface area (Å²) in [5, 5.41) is 0. The quantitative estimate of drug-likeness (QED) is 0.750. The molecule has 2 nitrogen and oxygen atoms in total. The molecule has 0 spiro atoms. The van der Waals surface area contributed by atoms with E-state index in [2.05, 4.69) is 0 Å². The average Bonchev–Trinajstić information content (AvgIpc) is 2.29. The number of ketones is 2. The molecule has 2 rings (SSSR count). The summed E-state index contributed by atoms with van der Waals surface area (Å²) < 4.78 is 0. The molecular formula is C14H12O2S. The van der Waals surface area contributed by atoms with E-state index in [1.54, 1.807) is 6.92 Å². The van der Waals surface area contributed by atoms with Crippen molar-refractivity contribution in [3.8, 4) is 0 Å². The predicted molar refractivity (Wildman–Crippen MR) is 68.9 cm³/mol. The van der Waals surface area contributed by atoms with Gasteiger partial charge in [0.1, 0.15) is 0 Å². The van der Waals surface area contributed by atoms with Crippen molar-refractivity contribution >= 4 is 23.3 Å². The minimum atomic E-state index is -0.0901. The molecule has 0 bridgehead atoms. The second kappa shape index (κ2) is 4.72. The van der Waals surface area contributed by atoms with E-state index in [1.165, 1.54) is 29.5 Å². The molecule has 0 aliphatic heterocycles. The third-order valence-corrected chi connectivity index (χ3v) is 3.54. The van der Waals surface area contributed by atoms with Crippen molar-refractivity contribution in [2.24, 2.45) is 0 Å². The Balaban J connectivity index is 2.20. The molecule has 0 unspecified atom stereocenters. The zero-order valence-corrected chi connectivity index (χ0v) is 10.5. The Bertz CT molecular complexity index is 536. The highest BCUT2D eigenvalue weighted by Crippen LogP contribution is 2.30. The summed E-state index contributed by atoms with van der Waals surface area (Å²) >= 11 is 1.33. The number of benzene rings is 1. The van der Waals surface area contributed by atoms with Crippen molar-refractivity contribution in [1.82, 2.24) is 0 Å². The number of allylic oxidation sites excluding steroid dienone is 4. The SMILES string of the molecule is CC1=CC(=O)C(Sc2ccc(C)cc2)=CC1=O. The van der Waals surface area contributed by atoms with Gasteiger partial charge in [0.25, 0.3) is 0 Å². The third kappa shape index (κ3) is 2.74. The van der Waals surface area contributed by atoms with Crippen LogP contribution >= 0.6 is 11.8 Å². The summed E-state index contributed by atoms with van der Waals surface area (Å²) in [5.41, 5.74) is 1.67. The molecular weight excluding hydrogens is 232 g/mol. The second-order valence-corrected chi connectivity index (χ2v) is 5.09. The van der Waals surface area contributed by atoms with Crippen LogP contribution in [0, 0.1) is 6.92 Å². The van der Waals surface area contributed by atoms with Gasteiger partial charge < -0.3 is 0 Å². The number of aryl methyl sites for hydroxylation is 1. The fourth-order valence-corrected chi connectivity index (χ4v) is 2.31. The fraction of sp³-hybridized carbons (Fsp3) is 0.143. The normalized spacial score (nSPS) is 15.6. The summed E-state index contributed by atoms with van der Waals surface area (Å²) in [6.45, 7) is 3.67. The van der Waals surface area contributed by atoms with E-state index in [1.807, 2.05) is 31.2 Å². The maximum atomic E-state index is 11.7. The molecule has 0 amide bonds. The summed E-state index contributed by atoms with van der Waals surface area (Å²) in [7, 11) is 0. The first-order valence-corrected chi connectivity index (χ1v) is 6.11. The molecule has 0 saturated carbocycles. The van der Waals surface area contributed by atoms with Gasteiger partial charge in [-0.1, -0.05) is 29.5 Å². The Morgan fingerprint density at radius 2 is 1.53 bits per heavy atom. The van der Waals surface area contributed by atoms with E-state index in [4.69, 9.17) is 0 Å². The number of thioether (sulfide) groups is 1. The molecule has 0 radical (unpaired) electrons. The van der Waals surface area contributed by atoms with E-state index in [0.717, 1.165) is 4.90 Å². The molecule has 0 fully saturated rings. The molecule has 1 aromatic carbocycles. The van der Waals surface area contributed by atoms with Crippen LogP contribution in [0.4, 0.5) is 0 Å². The minimum Gasteiger partial charge on any atom is -0.290 e. The standard InChI is InChI=1S/C14H12O2S/c1-9-3-5-11(6-4-9)17-14-8-12(15)10(2)7-13(14)16/h3-8H,1-2H3. The highest BCUT2D eigenvalue weighted by atomic mass is 32.2. The zero-order valence-electron chi connectivity index (χ0n) is 9.69. The Morgan fingerprint density at radius 3 is 2.18 bits per heavy atom. The molecule has 0 aromatic heterocycles. The topological polar surface area (TPSA) is 34.1 Å². The lowest BCUT2D eigenvalue weighted by Gasteiger charge is -2.09. The van der Waals surface area contributed by atoms with Gasteiger partial charge in [-0.05, 0) is 32.1 Å². The lowest BCUT2D eigenvalue weighted by Crippen LogP contribution is -2.09. The van der Waals surface area contributed by atoms with E-state index in [0.29, 0.717) is 10.5 Å². The van der Waals surface area contributed by atoms with Crippen LogP contribution < -0.4 is 0 Å². The Labute approximate surface area is 104 Å². The first-order chi connectivity index (χ1) is 8.06. The van der Waals surface area contributed by atoms with E-state index >= 15 is 0 Å². The molecule has 1 aliphatic rings. The van der Waals surface area contributed by atoms with Crippen molar-refractivity contribution in [1.29, 1.82) is 0 Å². The summed E-state index contributed by atoms with van der Waals surface area (Å²) in [5.74, 6) is -0.174. The van der Waals surface area contributed by atoms with Crippen LogP contribution in [0.3, 0.4) is 0 Å². The molecule has 1 aromatic rings. The molecule has 86 valence electrons. The van der Waals surface area contributed by atoms with Gasteiger partial charge in [-0.3, -0.25) is 9.59 Å². The van der Waals surface area contributed by atoms with Crippen molar-refractivity contribution in [2.75, 3.05) is 0 Å². The van der Waals surface area contributed by atoms with Crippen LogP contribution in [0.25, 0.3) is 0 Å². The summed E-state index contributed by atoms with van der Waals surface area (Å²) in [4.78, 5) is 24.6. The van der Waals surface area contributed by atoms with Crippen LogP contribution in [0.5, 0.6) is 0 Å². The Kier molecular flexibility index (Phi) is 3.29. The highest BCUT2D eigenvalue weighted by molar-refractivity contribution is 8.04. The Hall–Kier alpha value is -1.61. The lowest BCUT2D eigenvalue weighted by atomic mass is 10.1. The van der Waals surface area contributed by atoms with Crippen LogP contribution in [-0.4, -0.2) is 11.6 Å². The molecule has 0 N–H and O–H groups in total. The van der Waals surface area contributed by atoms with Crippen LogP contribution in [-0.2, 0) is 9.59 Å². The molecule has 3 heteroatoms. The van der Waals surface area contributed by atoms with Crippen molar-refractivity contribution in [2.45, 2.75) is 18.7 Å². The van der Waals surface area contributed by atoms with Gasteiger partial charge in [-0.15, -0.1) is 0 Å². The summed E-state index contributed by atoms with van der Waals surface area (Å²) in [6, 6.07) is 7.87. The predicted octanol–water partition coefficient (Wildman–Crippen LogP) is 3.07. The van der Waals surface area contributed by atoms with Gasteiger partial charge in [0, 0.05) is 16.5 Å². The van der Waals surface area contributed by atoms with E-state index in [9.17, 15) is 9.59 Å². The number of hydrogen-bond donors (Lipinski definition) is 0. The number of hydrogen-bond acceptors (Lipinski definition) is 3. The summed E-state index contributed by atoms with van der Waals surface area (Å²) in [6.07, 6.45) is 2.82. The largest absolute Gasteiger partial charge is 0.290 e. The zero-order chi connectivity index (χ0) is 12.4. The van der Waals surface area contributed by atoms with E-state index in [-0.39, 0.29) is 11.6 Å². The molecule has 0 heterocycles. The maximum absolute atomic E-state index is 11.7. The van der Waals surface area contributed by atoms with Crippen molar-refractivity contribution in [3.05, 3.63) is 52.5 Å². The monoisotopic (exact) mass is 244 g/mol. The van der Waals surface area contributed by atoms with Crippen LogP contribution in [0.15, 0.2) is 51.8 Å². The lowest BCUT2D eigenvalue weighted by molar-refractivity contribution is -0.114. The first kappa shape index (κ1) is 11.9. The smallest absolute Gasteiger partial charge is 0.193 e. The number of carbonyl (C=O) groups excluding carboxylic acids is 2. The Morgan fingerprint density at radius 1 is 0.882 bits per heavy atom. The highest BCUT2D eigenvalue weighted by Gasteiger charge is 2.18. The average molecular weight is 244 g/mol. The van der Waals surface area contributed by atoms with Gasteiger partial charge in [0.05, 0.1) is 4.91 Å². The van der Waals surface area contributed by atoms with Gasteiger partial charge >= 0.3 is 0 Å². The third-order valence-electron chi connectivity index (χ3n) is 2.49. The first-order valence-electron chi connectivity index (χ1n) is 5.29. The minimum absolute atomic E-state index is 0.0841. The second-order valence-electron chi connectivity index (χ2n) is 3.98. The molecule has 17 heavy (non-hydrogen) atoms. The van der Waals surface area contributed by atoms with Crippen molar-refractivity contribution in [3.63, 3.8) is 0 Å². The fourth-order valence-electron chi connectivity index (χ4n) is 1.46. The van der Waals surface area contributed by atoms with Crippen LogP contribution in [0.1, 0.15) is 12.5 Å². The number of carbonyl (C=O) groups is 2. The van der Waals surface area contributed by atoms with Crippen molar-refractivity contribution < 1.29 is 9.59 Å². The van der Waals surface area contributed by atoms with Crippen LogP contribution in [0.2, 0.25) is 0 Å². The number of rotatable bonds is 2. The van der Waals surface area contributed by atoms with E-state index < -0.39 is 0 Å². The van der Waals surface area contributed by atoms with Gasteiger partial charge in [0.15, 0.2) is 11.6 Å².